The summed E-state index contributed by atoms with van der Waals surface area (Å²) in [4.78, 5) is 12.6. The molecule has 0 unspecified atom stereocenters. The number of anilines is 1. The highest BCUT2D eigenvalue weighted by Gasteiger charge is 2.32. The summed E-state index contributed by atoms with van der Waals surface area (Å²) >= 11 is 23.9. The highest BCUT2D eigenvalue weighted by atomic mass is 35.5. The molecule has 13 heteroatoms. The molecular formula is C22H15Cl4F3N2O3S. The van der Waals surface area contributed by atoms with Gasteiger partial charge in [0.25, 0.3) is 0 Å². The van der Waals surface area contributed by atoms with Crippen molar-refractivity contribution in [3.05, 3.63) is 91.9 Å². The maximum atomic E-state index is 13.3. The summed E-state index contributed by atoms with van der Waals surface area (Å²) in [6.07, 6.45) is -4.67. The van der Waals surface area contributed by atoms with Crippen LogP contribution in [0.5, 0.6) is 0 Å². The maximum Gasteiger partial charge on any atom is 0.416 e. The van der Waals surface area contributed by atoms with Gasteiger partial charge >= 0.3 is 6.18 Å². The molecule has 3 aromatic carbocycles. The fourth-order valence-electron chi connectivity index (χ4n) is 2.97. The van der Waals surface area contributed by atoms with E-state index in [1.54, 1.807) is 0 Å². The Bertz CT molecular complexity index is 1350. The van der Waals surface area contributed by atoms with Crippen LogP contribution in [-0.2, 0) is 27.5 Å². The third-order valence-corrected chi connectivity index (χ3v) is 7.68. The van der Waals surface area contributed by atoms with Crippen LogP contribution in [0.3, 0.4) is 0 Å². The van der Waals surface area contributed by atoms with E-state index in [-0.39, 0.29) is 27.2 Å². The number of amides is 1. The molecule has 0 aliphatic heterocycles. The van der Waals surface area contributed by atoms with E-state index in [4.69, 9.17) is 46.4 Å². The van der Waals surface area contributed by atoms with Gasteiger partial charge in [-0.15, -0.1) is 0 Å². The van der Waals surface area contributed by atoms with Crippen molar-refractivity contribution in [2.45, 2.75) is 17.6 Å². The zero-order valence-electron chi connectivity index (χ0n) is 17.4. The van der Waals surface area contributed by atoms with Gasteiger partial charge in [-0.1, -0.05) is 52.5 Å². The molecule has 0 spiro atoms. The van der Waals surface area contributed by atoms with E-state index in [9.17, 15) is 26.4 Å². The Morgan fingerprint density at radius 2 is 1.49 bits per heavy atom. The van der Waals surface area contributed by atoms with E-state index < -0.39 is 34.2 Å². The SMILES string of the molecule is O=C(CN(Cc1ccc(Cl)cc1Cl)S(=O)(=O)c1ccc(Cl)cc1)Nc1cc(C(F)(F)F)ccc1Cl. The number of hydrogen-bond donors (Lipinski definition) is 1. The normalized spacial score (nSPS) is 12.1. The lowest BCUT2D eigenvalue weighted by Crippen LogP contribution is -2.37. The largest absolute Gasteiger partial charge is 0.416 e. The second kappa shape index (κ2) is 10.9. The number of halogens is 7. The minimum atomic E-state index is -4.67. The van der Waals surface area contributed by atoms with Crippen LogP contribution in [0, 0.1) is 0 Å². The third-order valence-electron chi connectivity index (χ3n) is 4.70. The molecule has 0 saturated heterocycles. The van der Waals surface area contributed by atoms with Gasteiger partial charge in [-0.05, 0) is 60.2 Å². The van der Waals surface area contributed by atoms with Gasteiger partial charge in [0.1, 0.15) is 0 Å². The number of benzene rings is 3. The molecule has 0 bridgehead atoms. The lowest BCUT2D eigenvalue weighted by atomic mass is 10.2. The number of carbonyl (C=O) groups is 1. The number of hydrogen-bond acceptors (Lipinski definition) is 3. The van der Waals surface area contributed by atoms with Crippen molar-refractivity contribution in [1.29, 1.82) is 0 Å². The average Bonchev–Trinajstić information content (AvgIpc) is 2.76. The fraction of sp³-hybridized carbons (Fsp3) is 0.136. The van der Waals surface area contributed by atoms with Gasteiger partial charge in [0.05, 0.1) is 27.7 Å². The molecule has 0 aromatic heterocycles. The first kappa shape index (κ1) is 27.6. The number of carbonyl (C=O) groups excluding carboxylic acids is 1. The van der Waals surface area contributed by atoms with Crippen LogP contribution in [0.1, 0.15) is 11.1 Å². The van der Waals surface area contributed by atoms with Crippen molar-refractivity contribution in [2.24, 2.45) is 0 Å². The van der Waals surface area contributed by atoms with Crippen LogP contribution < -0.4 is 5.32 Å². The Morgan fingerprint density at radius 3 is 2.09 bits per heavy atom. The van der Waals surface area contributed by atoms with Crippen LogP contribution >= 0.6 is 46.4 Å². The van der Waals surface area contributed by atoms with Crippen molar-refractivity contribution in [3.8, 4) is 0 Å². The highest BCUT2D eigenvalue weighted by Crippen LogP contribution is 2.34. The molecule has 3 aromatic rings. The number of nitrogens with one attached hydrogen (secondary N) is 1. The molecule has 186 valence electrons. The third kappa shape index (κ3) is 7.03. The zero-order chi connectivity index (χ0) is 26.0. The second-order valence-electron chi connectivity index (χ2n) is 7.20. The van der Waals surface area contributed by atoms with Crippen LogP contribution in [-0.4, -0.2) is 25.2 Å². The predicted molar refractivity (Wildman–Crippen MR) is 131 cm³/mol. The molecule has 1 N–H and O–H groups in total. The van der Waals surface area contributed by atoms with Crippen molar-refractivity contribution in [1.82, 2.24) is 4.31 Å². The smallest absolute Gasteiger partial charge is 0.324 e. The zero-order valence-corrected chi connectivity index (χ0v) is 21.3. The molecular weight excluding hydrogens is 571 g/mol. The van der Waals surface area contributed by atoms with Gasteiger partial charge in [0.15, 0.2) is 0 Å². The minimum absolute atomic E-state index is 0.154. The fourth-order valence-corrected chi connectivity index (χ4v) is 5.10. The van der Waals surface area contributed by atoms with E-state index in [1.807, 2.05) is 0 Å². The van der Waals surface area contributed by atoms with Gasteiger partial charge in [-0.25, -0.2) is 8.42 Å². The van der Waals surface area contributed by atoms with Crippen molar-refractivity contribution in [3.63, 3.8) is 0 Å². The lowest BCUT2D eigenvalue weighted by Gasteiger charge is -2.23. The molecule has 0 heterocycles. The average molecular weight is 586 g/mol. The summed E-state index contributed by atoms with van der Waals surface area (Å²) in [6.45, 7) is -1.08. The van der Waals surface area contributed by atoms with Crippen LogP contribution in [0.2, 0.25) is 20.1 Å². The van der Waals surface area contributed by atoms with Crippen LogP contribution in [0.15, 0.2) is 65.6 Å². The Labute approximate surface area is 219 Å². The molecule has 35 heavy (non-hydrogen) atoms. The van der Waals surface area contributed by atoms with Gasteiger partial charge < -0.3 is 5.32 Å². The minimum Gasteiger partial charge on any atom is -0.324 e. The summed E-state index contributed by atoms with van der Waals surface area (Å²) in [7, 11) is -4.26. The molecule has 0 atom stereocenters. The molecule has 0 aliphatic carbocycles. The maximum absolute atomic E-state index is 13.3. The molecule has 0 aliphatic rings. The first-order valence-corrected chi connectivity index (χ1v) is 12.6. The van der Waals surface area contributed by atoms with Gasteiger partial charge in [-0.3, -0.25) is 4.79 Å². The quantitative estimate of drug-likeness (QED) is 0.320. The molecule has 3 rings (SSSR count). The Hall–Kier alpha value is -2.01. The topological polar surface area (TPSA) is 66.5 Å². The van der Waals surface area contributed by atoms with Crippen LogP contribution in [0.25, 0.3) is 0 Å². The Kier molecular flexibility index (Phi) is 8.62. The molecule has 0 fully saturated rings. The number of alkyl halides is 3. The van der Waals surface area contributed by atoms with E-state index in [1.165, 1.54) is 42.5 Å². The van der Waals surface area contributed by atoms with Crippen molar-refractivity contribution < 1.29 is 26.4 Å². The second-order valence-corrected chi connectivity index (χ2v) is 10.8. The summed E-state index contributed by atoms with van der Waals surface area (Å²) < 4.78 is 66.6. The molecule has 5 nitrogen and oxygen atoms in total. The number of rotatable bonds is 7. The molecule has 0 radical (unpaired) electrons. The Balaban J connectivity index is 1.93. The number of nitrogens with zero attached hydrogens (tertiary/aromatic N) is 1. The summed E-state index contributed by atoms with van der Waals surface area (Å²) in [6, 6.07) is 12.1. The first-order valence-electron chi connectivity index (χ1n) is 9.63. The monoisotopic (exact) mass is 584 g/mol. The summed E-state index contributed by atoms with van der Waals surface area (Å²) in [5.41, 5.74) is -1.01. The van der Waals surface area contributed by atoms with E-state index in [0.717, 1.165) is 16.4 Å². The van der Waals surface area contributed by atoms with Gasteiger partial charge in [0, 0.05) is 21.6 Å². The highest BCUT2D eigenvalue weighted by molar-refractivity contribution is 7.89. The van der Waals surface area contributed by atoms with Crippen LogP contribution in [0.4, 0.5) is 18.9 Å². The van der Waals surface area contributed by atoms with E-state index >= 15 is 0 Å². The number of sulfonamides is 1. The van der Waals surface area contributed by atoms with E-state index in [0.29, 0.717) is 21.7 Å². The van der Waals surface area contributed by atoms with E-state index in [2.05, 4.69) is 5.32 Å². The Morgan fingerprint density at radius 1 is 0.857 bits per heavy atom. The summed E-state index contributed by atoms with van der Waals surface area (Å²) in [5, 5.41) is 2.87. The standard InChI is InChI=1S/C22H15Cl4F3N2O3S/c23-15-4-6-17(7-5-15)35(33,34)31(11-13-1-3-16(24)10-19(13)26)12-21(32)30-20-9-14(22(27,28)29)2-8-18(20)25/h1-10H,11-12H2,(H,30,32). The molecule has 0 saturated carbocycles. The molecule has 1 amide bonds. The predicted octanol–water partition coefficient (Wildman–Crippen LogP) is 7.15. The lowest BCUT2D eigenvalue weighted by molar-refractivity contribution is -0.137. The van der Waals surface area contributed by atoms with Crippen molar-refractivity contribution >= 4 is 68.0 Å². The van der Waals surface area contributed by atoms with Gasteiger partial charge in [0.2, 0.25) is 15.9 Å². The van der Waals surface area contributed by atoms with Gasteiger partial charge in [-0.2, -0.15) is 17.5 Å². The summed E-state index contributed by atoms with van der Waals surface area (Å²) in [5.74, 6) is -0.922. The first-order chi connectivity index (χ1) is 16.3. The van der Waals surface area contributed by atoms with Crippen molar-refractivity contribution in [2.75, 3.05) is 11.9 Å².